The Kier molecular flexibility index (Phi) is 3.01. The molecule has 2 atom stereocenters. The number of anilines is 1. The van der Waals surface area contributed by atoms with Gasteiger partial charge in [-0.15, -0.1) is 0 Å². The van der Waals surface area contributed by atoms with Crippen LogP contribution in [0.1, 0.15) is 24.2 Å². The SMILES string of the molecule is Cc1cc2n(n1)S[C@@H](N[C@H](C)c1ccccc1)N2. The Hall–Kier alpha value is -1.46. The lowest BCUT2D eigenvalue weighted by Gasteiger charge is -2.18. The number of aromatic nitrogens is 2. The highest BCUT2D eigenvalue weighted by atomic mass is 32.2. The summed E-state index contributed by atoms with van der Waals surface area (Å²) in [4.78, 5) is 0. The highest BCUT2D eigenvalue weighted by molar-refractivity contribution is 7.98. The van der Waals surface area contributed by atoms with Crippen LogP contribution in [0.15, 0.2) is 36.4 Å². The summed E-state index contributed by atoms with van der Waals surface area (Å²) in [6.45, 7) is 4.17. The second-order valence-electron chi connectivity index (χ2n) is 4.47. The average Bonchev–Trinajstić information content (AvgIpc) is 2.86. The predicted molar refractivity (Wildman–Crippen MR) is 75.4 cm³/mol. The Morgan fingerprint density at radius 3 is 2.89 bits per heavy atom. The number of rotatable bonds is 3. The van der Waals surface area contributed by atoms with Crippen molar-refractivity contribution in [2.24, 2.45) is 0 Å². The Bertz CT molecular complexity index is 514. The molecule has 2 N–H and O–H groups in total. The molecule has 18 heavy (non-hydrogen) atoms. The molecule has 4 nitrogen and oxygen atoms in total. The van der Waals surface area contributed by atoms with Gasteiger partial charge in [-0.2, -0.15) is 9.19 Å². The maximum absolute atomic E-state index is 4.40. The maximum atomic E-state index is 4.40. The van der Waals surface area contributed by atoms with Crippen LogP contribution >= 0.6 is 11.9 Å². The van der Waals surface area contributed by atoms with Gasteiger partial charge in [-0.3, -0.25) is 5.32 Å². The standard InChI is InChI=1S/C13H16N4S/c1-9-8-12-15-13(18-17(12)16-9)14-10(2)11-6-4-3-5-7-11/h3-8,10,13-15H,1-2H3/t10-,13+/m1/s1. The highest BCUT2D eigenvalue weighted by Gasteiger charge is 2.24. The molecule has 1 aliphatic heterocycles. The fourth-order valence-corrected chi connectivity index (χ4v) is 3.09. The van der Waals surface area contributed by atoms with Crippen LogP contribution in [0.25, 0.3) is 0 Å². The molecule has 0 fully saturated rings. The zero-order valence-corrected chi connectivity index (χ0v) is 11.2. The molecule has 2 heterocycles. The van der Waals surface area contributed by atoms with Crippen molar-refractivity contribution in [1.29, 1.82) is 0 Å². The molecule has 0 bridgehead atoms. The predicted octanol–water partition coefficient (Wildman–Crippen LogP) is 2.75. The van der Waals surface area contributed by atoms with Crippen LogP contribution in [0.3, 0.4) is 0 Å². The third kappa shape index (κ3) is 2.23. The van der Waals surface area contributed by atoms with Crippen LogP contribution in [0, 0.1) is 6.92 Å². The van der Waals surface area contributed by atoms with Crippen LogP contribution in [-0.2, 0) is 0 Å². The number of hydrogen-bond acceptors (Lipinski definition) is 4. The monoisotopic (exact) mass is 260 g/mol. The van der Waals surface area contributed by atoms with Gasteiger partial charge in [0.25, 0.3) is 0 Å². The highest BCUT2D eigenvalue weighted by Crippen LogP contribution is 2.29. The van der Waals surface area contributed by atoms with Gasteiger partial charge in [0.15, 0.2) is 0 Å². The summed E-state index contributed by atoms with van der Waals surface area (Å²) in [5.74, 6) is 1.07. The first-order chi connectivity index (χ1) is 8.72. The van der Waals surface area contributed by atoms with E-state index in [2.05, 4.69) is 53.0 Å². The molecule has 0 spiro atoms. The quantitative estimate of drug-likeness (QED) is 0.890. The molecule has 0 saturated heterocycles. The summed E-state index contributed by atoms with van der Waals surface area (Å²) in [5.41, 5.74) is 2.50. The molecule has 94 valence electrons. The van der Waals surface area contributed by atoms with E-state index in [0.717, 1.165) is 11.5 Å². The molecule has 1 aromatic carbocycles. The van der Waals surface area contributed by atoms with Crippen LogP contribution < -0.4 is 10.6 Å². The molecule has 5 heteroatoms. The number of fused-ring (bicyclic) bond motifs is 1. The average molecular weight is 260 g/mol. The molecule has 0 amide bonds. The lowest BCUT2D eigenvalue weighted by atomic mass is 10.1. The van der Waals surface area contributed by atoms with Crippen molar-refractivity contribution >= 4 is 17.8 Å². The van der Waals surface area contributed by atoms with Crippen molar-refractivity contribution in [3.8, 4) is 0 Å². The summed E-state index contributed by atoms with van der Waals surface area (Å²) in [5, 5.41) is 11.3. The molecule has 0 unspecified atom stereocenters. The van der Waals surface area contributed by atoms with Crippen LogP contribution in [-0.4, -0.2) is 14.7 Å². The normalized spacial score (nSPS) is 19.3. The van der Waals surface area contributed by atoms with Crippen molar-refractivity contribution in [3.63, 3.8) is 0 Å². The maximum Gasteiger partial charge on any atom is 0.149 e. The number of nitrogens with one attached hydrogen (secondary N) is 2. The van der Waals surface area contributed by atoms with Crippen LogP contribution in [0.4, 0.5) is 5.82 Å². The summed E-state index contributed by atoms with van der Waals surface area (Å²) < 4.78 is 1.94. The summed E-state index contributed by atoms with van der Waals surface area (Å²) >= 11 is 1.66. The van der Waals surface area contributed by atoms with Crippen molar-refractivity contribution in [1.82, 2.24) is 14.5 Å². The molecular weight excluding hydrogens is 244 g/mol. The first kappa shape index (κ1) is 11.6. The van der Waals surface area contributed by atoms with Gasteiger partial charge >= 0.3 is 0 Å². The van der Waals surface area contributed by atoms with Crippen molar-refractivity contribution in [3.05, 3.63) is 47.7 Å². The van der Waals surface area contributed by atoms with Gasteiger partial charge in [-0.1, -0.05) is 30.3 Å². The molecule has 0 radical (unpaired) electrons. The smallest absolute Gasteiger partial charge is 0.149 e. The Labute approximate surface area is 111 Å². The Morgan fingerprint density at radius 1 is 1.39 bits per heavy atom. The van der Waals surface area contributed by atoms with E-state index in [9.17, 15) is 0 Å². The van der Waals surface area contributed by atoms with Crippen LogP contribution in [0.5, 0.6) is 0 Å². The summed E-state index contributed by atoms with van der Waals surface area (Å²) in [7, 11) is 0. The molecule has 1 aliphatic rings. The molecular formula is C13H16N4S. The second-order valence-corrected chi connectivity index (χ2v) is 5.50. The van der Waals surface area contributed by atoms with Gasteiger partial charge in [0.2, 0.25) is 0 Å². The van der Waals surface area contributed by atoms with Gasteiger partial charge in [0.1, 0.15) is 11.3 Å². The zero-order chi connectivity index (χ0) is 12.5. The summed E-state index contributed by atoms with van der Waals surface area (Å²) in [6.07, 6.45) is 0. The number of hydrogen-bond donors (Lipinski definition) is 2. The Balaban J connectivity index is 1.64. The molecule has 0 saturated carbocycles. The molecule has 2 aromatic rings. The minimum atomic E-state index is 0.170. The van der Waals surface area contributed by atoms with Crippen molar-refractivity contribution in [2.75, 3.05) is 5.32 Å². The van der Waals surface area contributed by atoms with Gasteiger partial charge in [0, 0.05) is 24.1 Å². The van der Waals surface area contributed by atoms with E-state index in [4.69, 9.17) is 0 Å². The molecule has 3 rings (SSSR count). The minimum absolute atomic E-state index is 0.170. The minimum Gasteiger partial charge on any atom is -0.344 e. The fraction of sp³-hybridized carbons (Fsp3) is 0.308. The van der Waals surface area contributed by atoms with E-state index in [1.807, 2.05) is 17.1 Å². The van der Waals surface area contributed by atoms with E-state index < -0.39 is 0 Å². The largest absolute Gasteiger partial charge is 0.344 e. The lowest BCUT2D eigenvalue weighted by Crippen LogP contribution is -2.32. The van der Waals surface area contributed by atoms with Gasteiger partial charge in [-0.25, -0.2) is 0 Å². The summed E-state index contributed by atoms with van der Waals surface area (Å²) in [6, 6.07) is 12.8. The zero-order valence-electron chi connectivity index (χ0n) is 10.4. The van der Waals surface area contributed by atoms with E-state index in [1.165, 1.54) is 5.56 Å². The first-order valence-electron chi connectivity index (χ1n) is 6.04. The molecule has 0 aliphatic carbocycles. The van der Waals surface area contributed by atoms with Gasteiger partial charge in [-0.05, 0) is 19.4 Å². The fourth-order valence-electron chi connectivity index (χ4n) is 2.05. The Morgan fingerprint density at radius 2 is 2.17 bits per heavy atom. The first-order valence-corrected chi connectivity index (χ1v) is 6.87. The van der Waals surface area contributed by atoms with Gasteiger partial charge in [0.05, 0.1) is 5.69 Å². The van der Waals surface area contributed by atoms with E-state index in [1.54, 1.807) is 11.9 Å². The van der Waals surface area contributed by atoms with E-state index in [-0.39, 0.29) is 5.50 Å². The number of nitrogens with zero attached hydrogens (tertiary/aromatic N) is 2. The van der Waals surface area contributed by atoms with E-state index in [0.29, 0.717) is 6.04 Å². The van der Waals surface area contributed by atoms with Crippen LogP contribution in [0.2, 0.25) is 0 Å². The van der Waals surface area contributed by atoms with Gasteiger partial charge < -0.3 is 5.32 Å². The van der Waals surface area contributed by atoms with Crippen molar-refractivity contribution in [2.45, 2.75) is 25.4 Å². The second kappa shape index (κ2) is 4.66. The third-order valence-electron chi connectivity index (χ3n) is 2.99. The molecule has 1 aromatic heterocycles. The third-order valence-corrected chi connectivity index (χ3v) is 3.93. The number of benzene rings is 1. The topological polar surface area (TPSA) is 41.9 Å². The number of aryl methyl sites for hydroxylation is 1. The van der Waals surface area contributed by atoms with Crippen molar-refractivity contribution < 1.29 is 0 Å². The lowest BCUT2D eigenvalue weighted by molar-refractivity contribution is 0.581. The van der Waals surface area contributed by atoms with E-state index >= 15 is 0 Å².